The lowest BCUT2D eigenvalue weighted by molar-refractivity contribution is -0.145. The summed E-state index contributed by atoms with van der Waals surface area (Å²) in [5.41, 5.74) is 0. The van der Waals surface area contributed by atoms with Crippen LogP contribution < -0.4 is 0 Å². The van der Waals surface area contributed by atoms with Crippen LogP contribution in [0.1, 0.15) is 51.9 Å². The SMILES string of the molecule is CCOCC1CCN(C(=O)[C@H](O)C2CCCCC2)CC1. The van der Waals surface area contributed by atoms with E-state index in [1.165, 1.54) is 6.42 Å². The number of aliphatic hydroxyl groups is 1. The maximum Gasteiger partial charge on any atom is 0.251 e. The van der Waals surface area contributed by atoms with E-state index in [0.717, 1.165) is 64.8 Å². The van der Waals surface area contributed by atoms with Gasteiger partial charge in [-0.05, 0) is 44.4 Å². The van der Waals surface area contributed by atoms with Gasteiger partial charge in [-0.2, -0.15) is 0 Å². The Morgan fingerprint density at radius 3 is 2.45 bits per heavy atom. The molecule has 2 fully saturated rings. The zero-order valence-corrected chi connectivity index (χ0v) is 12.7. The first kappa shape index (κ1) is 15.8. The van der Waals surface area contributed by atoms with Crippen LogP contribution in [0, 0.1) is 11.8 Å². The first-order valence-electron chi connectivity index (χ1n) is 8.27. The maximum atomic E-state index is 12.4. The van der Waals surface area contributed by atoms with Gasteiger partial charge in [0, 0.05) is 26.3 Å². The largest absolute Gasteiger partial charge is 0.383 e. The molecule has 0 aromatic rings. The van der Waals surface area contributed by atoms with Crippen molar-refractivity contribution in [1.29, 1.82) is 0 Å². The van der Waals surface area contributed by atoms with E-state index in [4.69, 9.17) is 4.74 Å². The van der Waals surface area contributed by atoms with Crippen LogP contribution in [0.4, 0.5) is 0 Å². The van der Waals surface area contributed by atoms with Gasteiger partial charge in [-0.25, -0.2) is 0 Å². The standard InChI is InChI=1S/C16H29NO3/c1-2-20-12-13-8-10-17(11-9-13)16(19)15(18)14-6-4-3-5-7-14/h13-15,18H,2-12H2,1H3/t15-/m1/s1. The van der Waals surface area contributed by atoms with Crippen molar-refractivity contribution in [1.82, 2.24) is 4.90 Å². The fraction of sp³-hybridized carbons (Fsp3) is 0.938. The maximum absolute atomic E-state index is 12.4. The molecule has 1 saturated carbocycles. The number of aliphatic hydroxyl groups excluding tert-OH is 1. The molecule has 1 aliphatic carbocycles. The second-order valence-corrected chi connectivity index (χ2v) is 6.27. The monoisotopic (exact) mass is 283 g/mol. The summed E-state index contributed by atoms with van der Waals surface area (Å²) in [6.45, 7) is 5.14. The predicted octanol–water partition coefficient (Wildman–Crippen LogP) is 2.20. The highest BCUT2D eigenvalue weighted by Gasteiger charge is 2.32. The number of carbonyl (C=O) groups is 1. The van der Waals surface area contributed by atoms with Crippen LogP contribution in [0.3, 0.4) is 0 Å². The average molecular weight is 283 g/mol. The third-order valence-corrected chi connectivity index (χ3v) is 4.83. The summed E-state index contributed by atoms with van der Waals surface area (Å²) in [5, 5.41) is 10.3. The Labute approximate surface area is 122 Å². The number of hydrogen-bond donors (Lipinski definition) is 1. The lowest BCUT2D eigenvalue weighted by atomic mass is 9.84. The van der Waals surface area contributed by atoms with Crippen LogP contribution in [0.5, 0.6) is 0 Å². The normalized spacial score (nSPS) is 23.8. The van der Waals surface area contributed by atoms with Crippen molar-refractivity contribution >= 4 is 5.91 Å². The second-order valence-electron chi connectivity index (χ2n) is 6.27. The van der Waals surface area contributed by atoms with E-state index in [1.807, 2.05) is 11.8 Å². The second kappa shape index (κ2) is 7.99. The molecule has 4 heteroatoms. The number of rotatable bonds is 5. The summed E-state index contributed by atoms with van der Waals surface area (Å²) in [5.74, 6) is 0.731. The Bertz CT molecular complexity index is 294. The molecule has 1 aliphatic heterocycles. The van der Waals surface area contributed by atoms with Crippen molar-refractivity contribution in [3.63, 3.8) is 0 Å². The Kier molecular flexibility index (Phi) is 6.30. The zero-order chi connectivity index (χ0) is 14.4. The third kappa shape index (κ3) is 4.19. The van der Waals surface area contributed by atoms with Crippen molar-refractivity contribution in [2.45, 2.75) is 58.0 Å². The van der Waals surface area contributed by atoms with Crippen LogP contribution in [0.15, 0.2) is 0 Å². The molecule has 2 rings (SSSR count). The molecule has 0 spiro atoms. The van der Waals surface area contributed by atoms with Gasteiger partial charge in [0.05, 0.1) is 0 Å². The molecule has 0 aromatic carbocycles. The minimum atomic E-state index is -0.765. The first-order valence-corrected chi connectivity index (χ1v) is 8.27. The molecule has 1 N–H and O–H groups in total. The summed E-state index contributed by atoms with van der Waals surface area (Å²) in [6.07, 6.45) is 6.82. The fourth-order valence-corrected chi connectivity index (χ4v) is 3.44. The van der Waals surface area contributed by atoms with Gasteiger partial charge < -0.3 is 14.7 Å². The average Bonchev–Trinajstić information content (AvgIpc) is 2.53. The van der Waals surface area contributed by atoms with Crippen LogP contribution in [-0.2, 0) is 9.53 Å². The number of ether oxygens (including phenoxy) is 1. The number of likely N-dealkylation sites (tertiary alicyclic amines) is 1. The van der Waals surface area contributed by atoms with Gasteiger partial charge in [-0.3, -0.25) is 4.79 Å². The van der Waals surface area contributed by atoms with Gasteiger partial charge in [0.2, 0.25) is 0 Å². The number of amides is 1. The van der Waals surface area contributed by atoms with Crippen LogP contribution in [-0.4, -0.2) is 48.3 Å². The summed E-state index contributed by atoms with van der Waals surface area (Å²) < 4.78 is 5.46. The highest BCUT2D eigenvalue weighted by Crippen LogP contribution is 2.28. The number of hydrogen-bond acceptors (Lipinski definition) is 3. The number of nitrogens with zero attached hydrogens (tertiary/aromatic N) is 1. The van der Waals surface area contributed by atoms with Crippen molar-refractivity contribution in [3.05, 3.63) is 0 Å². The van der Waals surface area contributed by atoms with Crippen molar-refractivity contribution in [2.24, 2.45) is 11.8 Å². The van der Waals surface area contributed by atoms with Crippen LogP contribution in [0.2, 0.25) is 0 Å². The summed E-state index contributed by atoms with van der Waals surface area (Å²) in [6, 6.07) is 0. The van der Waals surface area contributed by atoms with E-state index < -0.39 is 6.10 Å². The van der Waals surface area contributed by atoms with Gasteiger partial charge in [-0.15, -0.1) is 0 Å². The summed E-state index contributed by atoms with van der Waals surface area (Å²) >= 11 is 0. The highest BCUT2D eigenvalue weighted by atomic mass is 16.5. The smallest absolute Gasteiger partial charge is 0.251 e. The van der Waals surface area contributed by atoms with Crippen molar-refractivity contribution in [3.8, 4) is 0 Å². The molecule has 0 bridgehead atoms. The summed E-state index contributed by atoms with van der Waals surface area (Å²) in [4.78, 5) is 14.2. The predicted molar refractivity (Wildman–Crippen MR) is 78.4 cm³/mol. The van der Waals surface area contributed by atoms with Crippen LogP contribution in [0.25, 0.3) is 0 Å². The quantitative estimate of drug-likeness (QED) is 0.841. The molecule has 1 heterocycles. The molecule has 4 nitrogen and oxygen atoms in total. The molecule has 116 valence electrons. The first-order chi connectivity index (χ1) is 9.72. The van der Waals surface area contributed by atoms with Gasteiger partial charge in [0.1, 0.15) is 6.10 Å². The molecule has 0 unspecified atom stereocenters. The Morgan fingerprint density at radius 2 is 1.85 bits per heavy atom. The molecular formula is C16H29NO3. The minimum absolute atomic E-state index is 0.0354. The van der Waals surface area contributed by atoms with Crippen LogP contribution >= 0.6 is 0 Å². The van der Waals surface area contributed by atoms with E-state index in [9.17, 15) is 9.90 Å². The molecule has 0 radical (unpaired) electrons. The lowest BCUT2D eigenvalue weighted by Crippen LogP contribution is -2.47. The lowest BCUT2D eigenvalue weighted by Gasteiger charge is -2.35. The van der Waals surface area contributed by atoms with E-state index in [0.29, 0.717) is 5.92 Å². The topological polar surface area (TPSA) is 49.8 Å². The van der Waals surface area contributed by atoms with Crippen molar-refractivity contribution in [2.75, 3.05) is 26.3 Å². The van der Waals surface area contributed by atoms with Gasteiger partial charge >= 0.3 is 0 Å². The Morgan fingerprint density at radius 1 is 1.20 bits per heavy atom. The Hall–Kier alpha value is -0.610. The van der Waals surface area contributed by atoms with Gasteiger partial charge in [0.15, 0.2) is 0 Å². The molecule has 2 aliphatic rings. The minimum Gasteiger partial charge on any atom is -0.383 e. The molecule has 0 aromatic heterocycles. The summed E-state index contributed by atoms with van der Waals surface area (Å²) in [7, 11) is 0. The van der Waals surface area contributed by atoms with Gasteiger partial charge in [-0.1, -0.05) is 19.3 Å². The number of piperidine rings is 1. The van der Waals surface area contributed by atoms with E-state index in [2.05, 4.69) is 0 Å². The third-order valence-electron chi connectivity index (χ3n) is 4.83. The van der Waals surface area contributed by atoms with Gasteiger partial charge in [0.25, 0.3) is 5.91 Å². The van der Waals surface area contributed by atoms with E-state index in [-0.39, 0.29) is 11.8 Å². The van der Waals surface area contributed by atoms with E-state index in [1.54, 1.807) is 0 Å². The van der Waals surface area contributed by atoms with Crippen molar-refractivity contribution < 1.29 is 14.6 Å². The van der Waals surface area contributed by atoms with E-state index >= 15 is 0 Å². The molecule has 1 amide bonds. The Balaban J connectivity index is 1.75. The molecule has 1 atom stereocenters. The fourth-order valence-electron chi connectivity index (χ4n) is 3.44. The number of carbonyl (C=O) groups excluding carboxylic acids is 1. The highest BCUT2D eigenvalue weighted by molar-refractivity contribution is 5.81. The molecule has 20 heavy (non-hydrogen) atoms. The zero-order valence-electron chi connectivity index (χ0n) is 12.7. The molecule has 1 saturated heterocycles. The molecular weight excluding hydrogens is 254 g/mol.